The van der Waals surface area contributed by atoms with Gasteiger partial charge in [0, 0.05) is 22.5 Å². The van der Waals surface area contributed by atoms with E-state index < -0.39 is 0 Å². The molecule has 0 unspecified atom stereocenters. The molecule has 0 radical (unpaired) electrons. The fourth-order valence-electron chi connectivity index (χ4n) is 1.87. The first-order valence-corrected chi connectivity index (χ1v) is 6.10. The van der Waals surface area contributed by atoms with Gasteiger partial charge >= 0.3 is 0 Å². The zero-order valence-electron chi connectivity index (χ0n) is 9.27. The minimum atomic E-state index is 0.458. The SMILES string of the molecule is Nc1ccc2c(Cl)nc(-c3ccc(Cl)cc3)n2c1. The van der Waals surface area contributed by atoms with Crippen molar-refractivity contribution in [1.82, 2.24) is 9.38 Å². The Morgan fingerprint density at radius 2 is 1.72 bits per heavy atom. The molecule has 0 bridgehead atoms. The fraction of sp³-hybridized carbons (Fsp3) is 0. The second-order valence-corrected chi connectivity index (χ2v) is 4.75. The molecule has 0 spiro atoms. The van der Waals surface area contributed by atoms with Crippen LogP contribution < -0.4 is 5.73 Å². The van der Waals surface area contributed by atoms with E-state index in [4.69, 9.17) is 28.9 Å². The van der Waals surface area contributed by atoms with Gasteiger partial charge in [0.25, 0.3) is 0 Å². The van der Waals surface area contributed by atoms with Crippen molar-refractivity contribution in [2.24, 2.45) is 0 Å². The predicted octanol–water partition coefficient (Wildman–Crippen LogP) is 3.89. The Labute approximate surface area is 114 Å². The average molecular weight is 278 g/mol. The molecule has 0 aliphatic heterocycles. The van der Waals surface area contributed by atoms with Gasteiger partial charge in [0.1, 0.15) is 5.82 Å². The van der Waals surface area contributed by atoms with E-state index in [1.165, 1.54) is 0 Å². The molecule has 2 N–H and O–H groups in total. The number of nitrogens with zero attached hydrogens (tertiary/aromatic N) is 2. The minimum Gasteiger partial charge on any atom is -0.398 e. The number of benzene rings is 1. The summed E-state index contributed by atoms with van der Waals surface area (Å²) in [7, 11) is 0. The topological polar surface area (TPSA) is 43.3 Å². The number of hydrogen-bond donors (Lipinski definition) is 1. The second kappa shape index (κ2) is 4.19. The summed E-state index contributed by atoms with van der Waals surface area (Å²) in [5.74, 6) is 0.749. The molecule has 2 heterocycles. The standard InChI is InChI=1S/C13H9Cl2N3/c14-9-3-1-8(2-4-9)13-17-12(15)11-6-5-10(16)7-18(11)13/h1-7H,16H2. The van der Waals surface area contributed by atoms with Crippen molar-refractivity contribution in [3.8, 4) is 11.4 Å². The molecule has 90 valence electrons. The van der Waals surface area contributed by atoms with Crippen LogP contribution in [0.5, 0.6) is 0 Å². The summed E-state index contributed by atoms with van der Waals surface area (Å²) in [6.45, 7) is 0. The Balaban J connectivity index is 2.28. The van der Waals surface area contributed by atoms with Gasteiger partial charge in [-0.05, 0) is 36.4 Å². The van der Waals surface area contributed by atoms with E-state index in [9.17, 15) is 0 Å². The highest BCUT2D eigenvalue weighted by molar-refractivity contribution is 6.33. The summed E-state index contributed by atoms with van der Waals surface area (Å²) in [5, 5.41) is 1.14. The molecule has 1 aromatic carbocycles. The van der Waals surface area contributed by atoms with Crippen molar-refractivity contribution in [2.45, 2.75) is 0 Å². The number of aromatic nitrogens is 2. The van der Waals surface area contributed by atoms with Gasteiger partial charge in [-0.2, -0.15) is 0 Å². The number of nitrogens with two attached hydrogens (primary N) is 1. The van der Waals surface area contributed by atoms with Crippen LogP contribution in [0.2, 0.25) is 10.2 Å². The van der Waals surface area contributed by atoms with Crippen LogP contribution in [0.4, 0.5) is 5.69 Å². The predicted molar refractivity (Wildman–Crippen MR) is 75.1 cm³/mol. The van der Waals surface area contributed by atoms with Gasteiger partial charge in [-0.1, -0.05) is 23.2 Å². The molecule has 0 amide bonds. The van der Waals surface area contributed by atoms with Crippen LogP contribution in [0.25, 0.3) is 16.9 Å². The zero-order valence-corrected chi connectivity index (χ0v) is 10.8. The van der Waals surface area contributed by atoms with Crippen LogP contribution in [-0.4, -0.2) is 9.38 Å². The van der Waals surface area contributed by atoms with Crippen LogP contribution >= 0.6 is 23.2 Å². The van der Waals surface area contributed by atoms with E-state index in [0.29, 0.717) is 15.9 Å². The van der Waals surface area contributed by atoms with Crippen molar-refractivity contribution in [1.29, 1.82) is 0 Å². The molecule has 0 saturated carbocycles. The lowest BCUT2D eigenvalue weighted by molar-refractivity contribution is 1.17. The maximum absolute atomic E-state index is 6.11. The lowest BCUT2D eigenvalue weighted by atomic mass is 10.2. The van der Waals surface area contributed by atoms with E-state index >= 15 is 0 Å². The Hall–Kier alpha value is -1.71. The first-order valence-electron chi connectivity index (χ1n) is 5.34. The molecule has 3 aromatic rings. The summed E-state index contributed by atoms with van der Waals surface area (Å²) in [4.78, 5) is 4.36. The number of pyridine rings is 1. The molecule has 0 saturated heterocycles. The quantitative estimate of drug-likeness (QED) is 0.733. The minimum absolute atomic E-state index is 0.458. The largest absolute Gasteiger partial charge is 0.398 e. The first kappa shape index (κ1) is 11.4. The monoisotopic (exact) mass is 277 g/mol. The van der Waals surface area contributed by atoms with Gasteiger partial charge in [0.2, 0.25) is 0 Å². The third-order valence-corrected chi connectivity index (χ3v) is 3.25. The summed E-state index contributed by atoms with van der Waals surface area (Å²) < 4.78 is 1.88. The maximum Gasteiger partial charge on any atom is 0.155 e. The molecule has 0 aliphatic carbocycles. The van der Waals surface area contributed by atoms with Crippen LogP contribution in [0, 0.1) is 0 Å². The summed E-state index contributed by atoms with van der Waals surface area (Å²) in [6, 6.07) is 11.1. The highest BCUT2D eigenvalue weighted by Gasteiger charge is 2.11. The molecule has 0 atom stereocenters. The normalized spacial score (nSPS) is 11.0. The van der Waals surface area contributed by atoms with Gasteiger partial charge in [0.05, 0.1) is 5.52 Å². The number of imidazole rings is 1. The number of hydrogen-bond acceptors (Lipinski definition) is 2. The van der Waals surface area contributed by atoms with Gasteiger partial charge in [-0.15, -0.1) is 0 Å². The van der Waals surface area contributed by atoms with Crippen molar-refractivity contribution < 1.29 is 0 Å². The molecule has 0 fully saturated rings. The van der Waals surface area contributed by atoms with Gasteiger partial charge in [0.15, 0.2) is 5.15 Å². The summed E-state index contributed by atoms with van der Waals surface area (Å²) in [5.41, 5.74) is 8.22. The molecule has 0 aliphatic rings. The van der Waals surface area contributed by atoms with E-state index in [0.717, 1.165) is 16.9 Å². The summed E-state index contributed by atoms with van der Waals surface area (Å²) >= 11 is 12.0. The lowest BCUT2D eigenvalue weighted by Crippen LogP contribution is -1.92. The van der Waals surface area contributed by atoms with E-state index in [1.807, 2.05) is 34.7 Å². The molecule has 2 aromatic heterocycles. The van der Waals surface area contributed by atoms with E-state index in [1.54, 1.807) is 12.3 Å². The number of anilines is 1. The lowest BCUT2D eigenvalue weighted by Gasteiger charge is -2.02. The zero-order chi connectivity index (χ0) is 12.7. The summed E-state index contributed by atoms with van der Waals surface area (Å²) in [6.07, 6.45) is 1.80. The van der Waals surface area contributed by atoms with Crippen molar-refractivity contribution in [3.63, 3.8) is 0 Å². The molecular weight excluding hydrogens is 269 g/mol. The maximum atomic E-state index is 6.11. The van der Waals surface area contributed by atoms with Crippen molar-refractivity contribution in [3.05, 3.63) is 52.8 Å². The third-order valence-electron chi connectivity index (χ3n) is 2.72. The van der Waals surface area contributed by atoms with E-state index in [-0.39, 0.29) is 0 Å². The fourth-order valence-corrected chi connectivity index (χ4v) is 2.23. The molecule has 3 rings (SSSR count). The second-order valence-electron chi connectivity index (χ2n) is 3.95. The van der Waals surface area contributed by atoms with Gasteiger partial charge in [-0.25, -0.2) is 4.98 Å². The molecular formula is C13H9Cl2N3. The average Bonchev–Trinajstić information content (AvgIpc) is 2.67. The smallest absolute Gasteiger partial charge is 0.155 e. The Bertz CT molecular complexity index is 717. The highest BCUT2D eigenvalue weighted by Crippen LogP contribution is 2.27. The number of halogens is 2. The Kier molecular flexibility index (Phi) is 2.65. The van der Waals surface area contributed by atoms with E-state index in [2.05, 4.69) is 4.98 Å². The van der Waals surface area contributed by atoms with Crippen LogP contribution in [0.3, 0.4) is 0 Å². The van der Waals surface area contributed by atoms with Crippen LogP contribution in [0.15, 0.2) is 42.6 Å². The van der Waals surface area contributed by atoms with Gasteiger partial charge in [-0.3, -0.25) is 4.40 Å². The van der Waals surface area contributed by atoms with Crippen molar-refractivity contribution in [2.75, 3.05) is 5.73 Å². The number of fused-ring (bicyclic) bond motifs is 1. The third kappa shape index (κ3) is 1.82. The molecule has 18 heavy (non-hydrogen) atoms. The van der Waals surface area contributed by atoms with Gasteiger partial charge < -0.3 is 5.73 Å². The Morgan fingerprint density at radius 3 is 2.44 bits per heavy atom. The number of nitrogen functional groups attached to an aromatic ring is 1. The highest BCUT2D eigenvalue weighted by atomic mass is 35.5. The number of rotatable bonds is 1. The van der Waals surface area contributed by atoms with Crippen molar-refractivity contribution >= 4 is 34.4 Å². The first-order chi connectivity index (χ1) is 8.65. The molecule has 5 heteroatoms. The van der Waals surface area contributed by atoms with Crippen LogP contribution in [0.1, 0.15) is 0 Å². The Morgan fingerprint density at radius 1 is 1.00 bits per heavy atom. The molecule has 3 nitrogen and oxygen atoms in total. The van der Waals surface area contributed by atoms with Crippen LogP contribution in [-0.2, 0) is 0 Å².